The minimum atomic E-state index is -0.592. The van der Waals surface area contributed by atoms with Crippen molar-refractivity contribution in [1.82, 2.24) is 5.32 Å². The van der Waals surface area contributed by atoms with E-state index < -0.39 is 6.03 Å². The number of amides is 2. The van der Waals surface area contributed by atoms with Crippen molar-refractivity contribution in [1.29, 1.82) is 0 Å². The number of ether oxygens (including phenoxy) is 1. The van der Waals surface area contributed by atoms with Crippen LogP contribution in [0.2, 0.25) is 0 Å². The predicted octanol–water partition coefficient (Wildman–Crippen LogP) is 1.05. The number of carbonyl (C=O) groups excluding carboxylic acids is 1. The zero-order valence-corrected chi connectivity index (χ0v) is 8.42. The van der Waals surface area contributed by atoms with Crippen LogP contribution in [0.15, 0.2) is 18.2 Å². The molecule has 0 radical (unpaired) electrons. The zero-order chi connectivity index (χ0) is 11.3. The Labute approximate surface area is 87.2 Å². The molecule has 0 saturated heterocycles. The fourth-order valence-electron chi connectivity index (χ4n) is 1.26. The van der Waals surface area contributed by atoms with Crippen LogP contribution < -0.4 is 15.8 Å². The van der Waals surface area contributed by atoms with Crippen LogP contribution in [-0.4, -0.2) is 19.7 Å². The Balaban J connectivity index is 2.65. The second kappa shape index (κ2) is 5.19. The molecule has 15 heavy (non-hydrogen) atoms. The molecule has 4 nitrogen and oxygen atoms in total. The summed E-state index contributed by atoms with van der Waals surface area (Å²) in [7, 11) is 1.51. The average Bonchev–Trinajstić information content (AvgIpc) is 2.17. The van der Waals surface area contributed by atoms with Crippen LogP contribution in [0.5, 0.6) is 5.75 Å². The number of halogens is 1. The molecule has 0 aromatic heterocycles. The molecule has 0 aliphatic carbocycles. The summed E-state index contributed by atoms with van der Waals surface area (Å²) in [6, 6.07) is 3.66. The van der Waals surface area contributed by atoms with E-state index in [9.17, 15) is 9.18 Å². The van der Waals surface area contributed by atoms with Crippen molar-refractivity contribution in [2.24, 2.45) is 5.73 Å². The van der Waals surface area contributed by atoms with Crippen LogP contribution in [0.1, 0.15) is 5.56 Å². The van der Waals surface area contributed by atoms with Gasteiger partial charge in [-0.3, -0.25) is 0 Å². The molecule has 0 bridgehead atoms. The summed E-state index contributed by atoms with van der Waals surface area (Å²) < 4.78 is 17.9. The van der Waals surface area contributed by atoms with Crippen molar-refractivity contribution < 1.29 is 13.9 Å². The van der Waals surface area contributed by atoms with Gasteiger partial charge >= 0.3 is 6.03 Å². The number of hydrogen-bond acceptors (Lipinski definition) is 2. The second-order valence-electron chi connectivity index (χ2n) is 3.00. The lowest BCUT2D eigenvalue weighted by Gasteiger charge is -2.08. The van der Waals surface area contributed by atoms with Gasteiger partial charge in [0.2, 0.25) is 0 Å². The SMILES string of the molecule is COc1ccc(F)cc1CCNC(N)=O. The number of primary amides is 1. The molecular weight excluding hydrogens is 199 g/mol. The molecule has 0 saturated carbocycles. The van der Waals surface area contributed by atoms with Gasteiger partial charge in [-0.2, -0.15) is 0 Å². The summed E-state index contributed by atoms with van der Waals surface area (Å²) in [6.07, 6.45) is 0.476. The van der Waals surface area contributed by atoms with Gasteiger partial charge in [0.05, 0.1) is 7.11 Å². The number of carbonyl (C=O) groups is 1. The molecule has 1 aromatic rings. The molecule has 0 unspecified atom stereocenters. The third-order valence-corrected chi connectivity index (χ3v) is 1.94. The van der Waals surface area contributed by atoms with Crippen molar-refractivity contribution in [3.05, 3.63) is 29.6 Å². The third-order valence-electron chi connectivity index (χ3n) is 1.94. The molecule has 0 fully saturated rings. The van der Waals surface area contributed by atoms with Gasteiger partial charge in [0.15, 0.2) is 0 Å². The van der Waals surface area contributed by atoms with Gasteiger partial charge in [-0.15, -0.1) is 0 Å². The first kappa shape index (κ1) is 11.3. The fraction of sp³-hybridized carbons (Fsp3) is 0.300. The van der Waals surface area contributed by atoms with Crippen LogP contribution in [0.3, 0.4) is 0 Å². The molecule has 82 valence electrons. The Kier molecular flexibility index (Phi) is 3.91. The van der Waals surface area contributed by atoms with Crippen LogP contribution in [-0.2, 0) is 6.42 Å². The van der Waals surface area contributed by atoms with E-state index in [1.54, 1.807) is 6.07 Å². The van der Waals surface area contributed by atoms with Crippen LogP contribution >= 0.6 is 0 Å². The summed E-state index contributed by atoms with van der Waals surface area (Å²) >= 11 is 0. The summed E-state index contributed by atoms with van der Waals surface area (Å²) in [4.78, 5) is 10.4. The second-order valence-corrected chi connectivity index (χ2v) is 3.00. The molecule has 0 aliphatic heterocycles. The fourth-order valence-corrected chi connectivity index (χ4v) is 1.26. The maximum Gasteiger partial charge on any atom is 0.312 e. The first-order valence-corrected chi connectivity index (χ1v) is 4.49. The zero-order valence-electron chi connectivity index (χ0n) is 8.42. The van der Waals surface area contributed by atoms with Gasteiger partial charge < -0.3 is 15.8 Å². The van der Waals surface area contributed by atoms with Crippen molar-refractivity contribution in [2.45, 2.75) is 6.42 Å². The number of urea groups is 1. The minimum absolute atomic E-state index is 0.329. The maximum atomic E-state index is 12.9. The van der Waals surface area contributed by atoms with E-state index in [0.717, 1.165) is 0 Å². The molecule has 0 atom stereocenters. The van der Waals surface area contributed by atoms with E-state index in [4.69, 9.17) is 10.5 Å². The molecule has 1 rings (SSSR count). The highest BCUT2D eigenvalue weighted by Crippen LogP contribution is 2.19. The number of nitrogens with two attached hydrogens (primary N) is 1. The molecule has 0 heterocycles. The summed E-state index contributed by atoms with van der Waals surface area (Å²) in [6.45, 7) is 0.356. The van der Waals surface area contributed by atoms with E-state index in [0.29, 0.717) is 24.3 Å². The lowest BCUT2D eigenvalue weighted by atomic mass is 10.1. The van der Waals surface area contributed by atoms with Gasteiger partial charge in [0.25, 0.3) is 0 Å². The Morgan fingerprint density at radius 3 is 2.93 bits per heavy atom. The number of methoxy groups -OCH3 is 1. The monoisotopic (exact) mass is 212 g/mol. The highest BCUT2D eigenvalue weighted by atomic mass is 19.1. The van der Waals surface area contributed by atoms with Gasteiger partial charge in [-0.05, 0) is 30.2 Å². The Morgan fingerprint density at radius 2 is 2.33 bits per heavy atom. The Bertz CT molecular complexity index is 355. The van der Waals surface area contributed by atoms with Crippen LogP contribution in [0, 0.1) is 5.82 Å². The van der Waals surface area contributed by atoms with Gasteiger partial charge in [-0.25, -0.2) is 9.18 Å². The highest BCUT2D eigenvalue weighted by molar-refractivity contribution is 5.71. The quantitative estimate of drug-likeness (QED) is 0.783. The molecule has 0 aliphatic rings. The standard InChI is InChI=1S/C10H13FN2O2/c1-15-9-3-2-8(11)6-7(9)4-5-13-10(12)14/h2-3,6H,4-5H2,1H3,(H3,12,13,14). The van der Waals surface area contributed by atoms with Crippen LogP contribution in [0.25, 0.3) is 0 Å². The van der Waals surface area contributed by atoms with Crippen LogP contribution in [0.4, 0.5) is 9.18 Å². The number of nitrogens with one attached hydrogen (secondary N) is 1. The van der Waals surface area contributed by atoms with Crippen molar-refractivity contribution in [3.63, 3.8) is 0 Å². The van der Waals surface area contributed by atoms with Crippen molar-refractivity contribution in [2.75, 3.05) is 13.7 Å². The van der Waals surface area contributed by atoms with Gasteiger partial charge in [0, 0.05) is 6.54 Å². The molecular formula is C10H13FN2O2. The summed E-state index contributed by atoms with van der Waals surface area (Å²) in [5, 5.41) is 2.43. The molecule has 0 spiro atoms. The van der Waals surface area contributed by atoms with Crippen molar-refractivity contribution >= 4 is 6.03 Å². The molecule has 1 aromatic carbocycles. The first-order valence-electron chi connectivity index (χ1n) is 4.49. The lowest BCUT2D eigenvalue weighted by Crippen LogP contribution is -2.31. The van der Waals surface area contributed by atoms with E-state index in [2.05, 4.69) is 5.32 Å². The number of hydrogen-bond donors (Lipinski definition) is 2. The summed E-state index contributed by atoms with van der Waals surface area (Å²) in [5.41, 5.74) is 5.60. The Hall–Kier alpha value is -1.78. The first-order chi connectivity index (χ1) is 7.13. The minimum Gasteiger partial charge on any atom is -0.496 e. The molecule has 3 N–H and O–H groups in total. The normalized spacial score (nSPS) is 9.73. The smallest absolute Gasteiger partial charge is 0.312 e. The van der Waals surface area contributed by atoms with E-state index >= 15 is 0 Å². The Morgan fingerprint density at radius 1 is 1.60 bits per heavy atom. The lowest BCUT2D eigenvalue weighted by molar-refractivity contribution is 0.249. The number of benzene rings is 1. The molecule has 2 amide bonds. The van der Waals surface area contributed by atoms with Gasteiger partial charge in [-0.1, -0.05) is 0 Å². The van der Waals surface area contributed by atoms with Crippen molar-refractivity contribution in [3.8, 4) is 5.75 Å². The average molecular weight is 212 g/mol. The highest BCUT2D eigenvalue weighted by Gasteiger charge is 2.04. The number of rotatable bonds is 4. The van der Waals surface area contributed by atoms with E-state index in [1.807, 2.05) is 0 Å². The third kappa shape index (κ3) is 3.46. The largest absolute Gasteiger partial charge is 0.496 e. The topological polar surface area (TPSA) is 64.3 Å². The summed E-state index contributed by atoms with van der Waals surface area (Å²) in [5.74, 6) is 0.271. The van der Waals surface area contributed by atoms with Gasteiger partial charge in [0.1, 0.15) is 11.6 Å². The molecule has 5 heteroatoms. The maximum absolute atomic E-state index is 12.9. The van der Waals surface area contributed by atoms with E-state index in [-0.39, 0.29) is 5.82 Å². The predicted molar refractivity (Wildman–Crippen MR) is 54.2 cm³/mol. The van der Waals surface area contributed by atoms with E-state index in [1.165, 1.54) is 19.2 Å².